The fourth-order valence-electron chi connectivity index (χ4n) is 4.81. The van der Waals surface area contributed by atoms with E-state index in [0.717, 1.165) is 24.3 Å². The molecule has 0 saturated carbocycles. The molecular formula is C26H33N3O6. The number of hydrogen-bond acceptors (Lipinski definition) is 7. The number of carbonyl (C=O) groups is 2. The van der Waals surface area contributed by atoms with Gasteiger partial charge in [0, 0.05) is 63.0 Å². The molecule has 0 bridgehead atoms. The maximum Gasteiger partial charge on any atom is 0.228 e. The maximum atomic E-state index is 13.2. The van der Waals surface area contributed by atoms with Gasteiger partial charge < -0.3 is 28.7 Å². The minimum Gasteiger partial charge on any atom is -0.497 e. The first kappa shape index (κ1) is 24.7. The summed E-state index contributed by atoms with van der Waals surface area (Å²) in [6.45, 7) is 3.80. The van der Waals surface area contributed by atoms with Gasteiger partial charge in [-0.1, -0.05) is 12.1 Å². The molecule has 2 aromatic carbocycles. The van der Waals surface area contributed by atoms with Crippen LogP contribution < -0.4 is 23.8 Å². The number of hydrogen-bond donors (Lipinski definition) is 0. The van der Waals surface area contributed by atoms with Crippen LogP contribution in [-0.2, 0) is 16.1 Å². The Morgan fingerprint density at radius 3 is 2.31 bits per heavy atom. The summed E-state index contributed by atoms with van der Waals surface area (Å²) in [6, 6.07) is 11.2. The minimum atomic E-state index is -0.328. The summed E-state index contributed by atoms with van der Waals surface area (Å²) in [5.74, 6) is 2.24. The van der Waals surface area contributed by atoms with E-state index in [2.05, 4.69) is 4.90 Å². The molecule has 0 N–H and O–H groups in total. The normalized spacial score (nSPS) is 18.5. The lowest BCUT2D eigenvalue weighted by molar-refractivity contribution is -0.137. The zero-order chi connectivity index (χ0) is 24.9. The van der Waals surface area contributed by atoms with Gasteiger partial charge in [0.1, 0.15) is 5.75 Å². The fourth-order valence-corrected chi connectivity index (χ4v) is 4.81. The summed E-state index contributed by atoms with van der Waals surface area (Å²) in [5, 5.41) is 0. The molecular weight excluding hydrogens is 450 g/mol. The van der Waals surface area contributed by atoms with Crippen LogP contribution in [0.25, 0.3) is 0 Å². The van der Waals surface area contributed by atoms with E-state index in [0.29, 0.717) is 49.2 Å². The summed E-state index contributed by atoms with van der Waals surface area (Å²) < 4.78 is 21.7. The summed E-state index contributed by atoms with van der Waals surface area (Å²) in [7, 11) is 6.41. The molecule has 188 valence electrons. The molecule has 2 aliphatic rings. The first-order valence-corrected chi connectivity index (χ1v) is 11.7. The molecule has 1 atom stereocenters. The van der Waals surface area contributed by atoms with Crippen molar-refractivity contribution in [3.63, 3.8) is 0 Å². The highest BCUT2D eigenvalue weighted by atomic mass is 16.5. The third-order valence-corrected chi connectivity index (χ3v) is 6.70. The molecule has 0 spiro atoms. The molecule has 35 heavy (non-hydrogen) atoms. The molecule has 4 rings (SSSR count). The molecule has 1 unspecified atom stereocenters. The summed E-state index contributed by atoms with van der Waals surface area (Å²) in [5.41, 5.74) is 1.76. The van der Waals surface area contributed by atoms with Crippen molar-refractivity contribution in [2.75, 3.05) is 66.1 Å². The molecule has 2 amide bonds. The largest absolute Gasteiger partial charge is 0.497 e. The molecule has 0 aliphatic carbocycles. The van der Waals surface area contributed by atoms with Crippen LogP contribution in [0.1, 0.15) is 12.0 Å². The van der Waals surface area contributed by atoms with Crippen LogP contribution in [0.15, 0.2) is 36.4 Å². The number of anilines is 1. The molecule has 2 saturated heterocycles. The highest BCUT2D eigenvalue weighted by Crippen LogP contribution is 2.40. The van der Waals surface area contributed by atoms with Gasteiger partial charge in [-0.25, -0.2) is 0 Å². The molecule has 2 aromatic rings. The van der Waals surface area contributed by atoms with E-state index in [-0.39, 0.29) is 24.2 Å². The Morgan fingerprint density at radius 2 is 1.66 bits per heavy atom. The lowest BCUT2D eigenvalue weighted by Crippen LogP contribution is -2.50. The van der Waals surface area contributed by atoms with Gasteiger partial charge >= 0.3 is 0 Å². The van der Waals surface area contributed by atoms with Crippen molar-refractivity contribution in [1.82, 2.24) is 9.80 Å². The smallest absolute Gasteiger partial charge is 0.228 e. The van der Waals surface area contributed by atoms with E-state index < -0.39 is 0 Å². The van der Waals surface area contributed by atoms with Crippen molar-refractivity contribution in [3.05, 3.63) is 42.0 Å². The van der Waals surface area contributed by atoms with E-state index in [1.54, 1.807) is 33.3 Å². The van der Waals surface area contributed by atoms with Crippen molar-refractivity contribution in [3.8, 4) is 23.0 Å². The van der Waals surface area contributed by atoms with Crippen molar-refractivity contribution < 1.29 is 28.5 Å². The van der Waals surface area contributed by atoms with E-state index in [1.165, 1.54) is 0 Å². The number of methoxy groups -OCH3 is 4. The molecule has 2 heterocycles. The van der Waals surface area contributed by atoms with Crippen molar-refractivity contribution in [2.45, 2.75) is 13.0 Å². The summed E-state index contributed by atoms with van der Waals surface area (Å²) in [4.78, 5) is 31.7. The molecule has 2 fully saturated rings. The zero-order valence-corrected chi connectivity index (χ0v) is 20.8. The highest BCUT2D eigenvalue weighted by molar-refractivity contribution is 6.00. The lowest BCUT2D eigenvalue weighted by atomic mass is 10.1. The van der Waals surface area contributed by atoms with Gasteiger partial charge in [0.05, 0.1) is 34.4 Å². The second-order valence-electron chi connectivity index (χ2n) is 8.70. The Bertz CT molecular complexity index is 1070. The molecule has 9 heteroatoms. The van der Waals surface area contributed by atoms with Crippen molar-refractivity contribution in [1.29, 1.82) is 0 Å². The molecule has 0 aromatic heterocycles. The third-order valence-electron chi connectivity index (χ3n) is 6.70. The summed E-state index contributed by atoms with van der Waals surface area (Å²) >= 11 is 0. The number of benzene rings is 2. The maximum absolute atomic E-state index is 13.2. The van der Waals surface area contributed by atoms with Gasteiger partial charge in [-0.2, -0.15) is 0 Å². The van der Waals surface area contributed by atoms with E-state index in [4.69, 9.17) is 18.9 Å². The Kier molecular flexibility index (Phi) is 7.65. The average Bonchev–Trinajstić information content (AvgIpc) is 3.29. The Balaban J connectivity index is 1.35. The van der Waals surface area contributed by atoms with Crippen LogP contribution in [0.2, 0.25) is 0 Å². The number of piperazine rings is 1. The van der Waals surface area contributed by atoms with Gasteiger partial charge in [-0.3, -0.25) is 14.5 Å². The minimum absolute atomic E-state index is 0.0317. The standard InChI is InChI=1S/C26H33N3O6/c1-32-21-7-5-6-20(15-21)29-17-19(14-23(29)30)26(31)28-12-10-27(11-13-28)16-18-8-9-22(33-2)25(35-4)24(18)34-3/h5-9,15,19H,10-14,16-17H2,1-4H3. The van der Waals surface area contributed by atoms with Crippen LogP contribution in [0.4, 0.5) is 5.69 Å². The molecule has 0 radical (unpaired) electrons. The van der Waals surface area contributed by atoms with Crippen LogP contribution in [0.3, 0.4) is 0 Å². The van der Waals surface area contributed by atoms with E-state index >= 15 is 0 Å². The molecule has 2 aliphatic heterocycles. The number of ether oxygens (including phenoxy) is 4. The third kappa shape index (κ3) is 5.14. The van der Waals surface area contributed by atoms with Crippen LogP contribution in [0, 0.1) is 5.92 Å². The second-order valence-corrected chi connectivity index (χ2v) is 8.70. The first-order chi connectivity index (χ1) is 17.0. The SMILES string of the molecule is COc1cccc(N2CC(C(=O)N3CCN(Cc4ccc(OC)c(OC)c4OC)CC3)CC2=O)c1. The predicted octanol–water partition coefficient (Wildman–Crippen LogP) is 2.42. The lowest BCUT2D eigenvalue weighted by Gasteiger charge is -2.36. The van der Waals surface area contributed by atoms with Gasteiger partial charge in [0.25, 0.3) is 0 Å². The van der Waals surface area contributed by atoms with Gasteiger partial charge in [-0.15, -0.1) is 0 Å². The fraction of sp³-hybridized carbons (Fsp3) is 0.462. The second kappa shape index (κ2) is 10.9. The van der Waals surface area contributed by atoms with Crippen molar-refractivity contribution >= 4 is 17.5 Å². The van der Waals surface area contributed by atoms with Gasteiger partial charge in [-0.05, 0) is 18.2 Å². The Morgan fingerprint density at radius 1 is 0.914 bits per heavy atom. The van der Waals surface area contributed by atoms with Crippen LogP contribution >= 0.6 is 0 Å². The number of carbonyl (C=O) groups excluding carboxylic acids is 2. The summed E-state index contributed by atoms with van der Waals surface area (Å²) in [6.07, 6.45) is 0.235. The Hall–Kier alpha value is -3.46. The number of rotatable bonds is 8. The highest BCUT2D eigenvalue weighted by Gasteiger charge is 2.38. The van der Waals surface area contributed by atoms with Gasteiger partial charge in [0.15, 0.2) is 11.5 Å². The van der Waals surface area contributed by atoms with Gasteiger partial charge in [0.2, 0.25) is 17.6 Å². The van der Waals surface area contributed by atoms with E-state index in [9.17, 15) is 9.59 Å². The van der Waals surface area contributed by atoms with Crippen LogP contribution in [-0.4, -0.2) is 82.8 Å². The monoisotopic (exact) mass is 483 g/mol. The predicted molar refractivity (Wildman–Crippen MR) is 131 cm³/mol. The number of nitrogens with zero attached hydrogens (tertiary/aromatic N) is 3. The average molecular weight is 484 g/mol. The number of amides is 2. The Labute approximate surface area is 206 Å². The van der Waals surface area contributed by atoms with E-state index in [1.807, 2.05) is 41.3 Å². The topological polar surface area (TPSA) is 80.8 Å². The first-order valence-electron chi connectivity index (χ1n) is 11.7. The van der Waals surface area contributed by atoms with Crippen molar-refractivity contribution in [2.24, 2.45) is 5.92 Å². The quantitative estimate of drug-likeness (QED) is 0.571. The zero-order valence-electron chi connectivity index (χ0n) is 20.8. The molecule has 9 nitrogen and oxygen atoms in total. The van der Waals surface area contributed by atoms with Crippen LogP contribution in [0.5, 0.6) is 23.0 Å².